The molecule has 0 radical (unpaired) electrons. The quantitative estimate of drug-likeness (QED) is 0.754. The zero-order chi connectivity index (χ0) is 13.2. The minimum atomic E-state index is 0.195. The number of hydrogen-bond acceptors (Lipinski definition) is 2. The van der Waals surface area contributed by atoms with Crippen LogP contribution in [0.15, 0.2) is 48.5 Å². The molecule has 0 amide bonds. The Morgan fingerprint density at radius 1 is 1.11 bits per heavy atom. The van der Waals surface area contributed by atoms with Crippen molar-refractivity contribution in [3.63, 3.8) is 0 Å². The smallest absolute Gasteiger partial charge is 0.128 e. The molecule has 0 aliphatic carbocycles. The molecule has 96 valence electrons. The van der Waals surface area contributed by atoms with Crippen LogP contribution in [0.4, 0.5) is 0 Å². The first-order chi connectivity index (χ1) is 9.20. The van der Waals surface area contributed by atoms with Crippen LogP contribution in [-0.4, -0.2) is 10.1 Å². The van der Waals surface area contributed by atoms with Gasteiger partial charge in [-0.15, -0.1) is 0 Å². The highest BCUT2D eigenvalue weighted by molar-refractivity contribution is 6.31. The third-order valence-corrected chi connectivity index (χ3v) is 3.09. The molecule has 4 heteroatoms. The minimum absolute atomic E-state index is 0.195. The largest absolute Gasteiger partial charge is 0.508 e. The molecule has 3 nitrogen and oxygen atoms in total. The van der Waals surface area contributed by atoms with Gasteiger partial charge in [0.05, 0.1) is 5.69 Å². The van der Waals surface area contributed by atoms with E-state index in [4.69, 9.17) is 16.3 Å². The molecule has 0 saturated heterocycles. The number of halogens is 1. The number of phenols is 1. The van der Waals surface area contributed by atoms with E-state index in [0.29, 0.717) is 17.4 Å². The van der Waals surface area contributed by atoms with Gasteiger partial charge in [0.15, 0.2) is 0 Å². The molecule has 3 rings (SSSR count). The summed E-state index contributed by atoms with van der Waals surface area (Å²) in [6, 6.07) is 14.5. The topological polar surface area (TPSA) is 45.2 Å². The molecule has 0 saturated carbocycles. The maximum absolute atomic E-state index is 9.35. The Morgan fingerprint density at radius 2 is 2.00 bits per heavy atom. The number of phenolic OH excluding ortho intramolecular Hbond substituents is 1. The molecule has 0 aliphatic heterocycles. The first-order valence-electron chi connectivity index (χ1n) is 5.90. The number of hydrogen-bond donors (Lipinski definition) is 2. The summed E-state index contributed by atoms with van der Waals surface area (Å²) >= 11 is 5.94. The SMILES string of the molecule is Oc1cccc(OCc2cc3ccc(Cl)cc3[nH]2)c1. The highest BCUT2D eigenvalue weighted by atomic mass is 35.5. The molecule has 0 unspecified atom stereocenters. The van der Waals surface area contributed by atoms with E-state index in [2.05, 4.69) is 4.98 Å². The Labute approximate surface area is 115 Å². The van der Waals surface area contributed by atoms with Gasteiger partial charge in [-0.05, 0) is 35.7 Å². The molecule has 0 spiro atoms. The summed E-state index contributed by atoms with van der Waals surface area (Å²) in [5.74, 6) is 0.831. The van der Waals surface area contributed by atoms with E-state index in [0.717, 1.165) is 16.6 Å². The maximum Gasteiger partial charge on any atom is 0.128 e. The molecule has 1 aromatic heterocycles. The van der Waals surface area contributed by atoms with E-state index in [1.54, 1.807) is 24.3 Å². The van der Waals surface area contributed by atoms with Crippen LogP contribution in [0.1, 0.15) is 5.69 Å². The van der Waals surface area contributed by atoms with Gasteiger partial charge >= 0.3 is 0 Å². The van der Waals surface area contributed by atoms with Crippen molar-refractivity contribution in [1.82, 2.24) is 4.98 Å². The van der Waals surface area contributed by atoms with Crippen LogP contribution in [-0.2, 0) is 6.61 Å². The summed E-state index contributed by atoms with van der Waals surface area (Å²) in [5, 5.41) is 11.2. The number of aromatic amines is 1. The van der Waals surface area contributed by atoms with Gasteiger partial charge in [0.1, 0.15) is 18.1 Å². The Bertz CT molecular complexity index is 721. The van der Waals surface area contributed by atoms with Crippen molar-refractivity contribution in [2.24, 2.45) is 0 Å². The Hall–Kier alpha value is -2.13. The molecule has 0 atom stereocenters. The number of fused-ring (bicyclic) bond motifs is 1. The van der Waals surface area contributed by atoms with Crippen molar-refractivity contribution in [2.45, 2.75) is 6.61 Å². The summed E-state index contributed by atoms with van der Waals surface area (Å²) in [6.07, 6.45) is 0. The molecule has 2 N–H and O–H groups in total. The van der Waals surface area contributed by atoms with Crippen LogP contribution in [0.3, 0.4) is 0 Å². The molecule has 3 aromatic rings. The predicted octanol–water partition coefficient (Wildman–Crippen LogP) is 4.11. The van der Waals surface area contributed by atoms with Gasteiger partial charge in [0.2, 0.25) is 0 Å². The van der Waals surface area contributed by atoms with Crippen LogP contribution >= 0.6 is 11.6 Å². The maximum atomic E-state index is 9.35. The van der Waals surface area contributed by atoms with E-state index >= 15 is 0 Å². The second-order valence-electron chi connectivity index (χ2n) is 4.31. The normalized spacial score (nSPS) is 10.8. The average Bonchev–Trinajstić information content (AvgIpc) is 2.78. The van der Waals surface area contributed by atoms with Gasteiger partial charge in [0, 0.05) is 16.6 Å². The minimum Gasteiger partial charge on any atom is -0.508 e. The summed E-state index contributed by atoms with van der Waals surface area (Å²) in [7, 11) is 0. The second-order valence-corrected chi connectivity index (χ2v) is 4.75. The standard InChI is InChI=1S/C15H12ClNO2/c16-11-5-4-10-6-12(17-15(10)7-11)9-19-14-3-1-2-13(18)8-14/h1-8,17-18H,9H2. The van der Waals surface area contributed by atoms with Gasteiger partial charge < -0.3 is 14.8 Å². The Kier molecular flexibility index (Phi) is 3.05. The number of ether oxygens (including phenoxy) is 1. The van der Waals surface area contributed by atoms with Crippen LogP contribution < -0.4 is 4.74 Å². The summed E-state index contributed by atoms with van der Waals surface area (Å²) < 4.78 is 5.61. The number of H-pyrrole nitrogens is 1. The molecule has 0 fully saturated rings. The fourth-order valence-electron chi connectivity index (χ4n) is 1.97. The van der Waals surface area contributed by atoms with Crippen molar-refractivity contribution in [1.29, 1.82) is 0 Å². The summed E-state index contributed by atoms with van der Waals surface area (Å²) in [5.41, 5.74) is 1.95. The van der Waals surface area contributed by atoms with Crippen LogP contribution in [0.2, 0.25) is 5.02 Å². The van der Waals surface area contributed by atoms with Gasteiger partial charge in [0.25, 0.3) is 0 Å². The Balaban J connectivity index is 1.78. The first-order valence-corrected chi connectivity index (χ1v) is 6.27. The molecule has 19 heavy (non-hydrogen) atoms. The van der Waals surface area contributed by atoms with E-state index < -0.39 is 0 Å². The number of aromatic hydroxyl groups is 1. The van der Waals surface area contributed by atoms with Crippen molar-refractivity contribution >= 4 is 22.5 Å². The van der Waals surface area contributed by atoms with Crippen molar-refractivity contribution in [2.75, 3.05) is 0 Å². The lowest BCUT2D eigenvalue weighted by atomic mass is 10.2. The van der Waals surface area contributed by atoms with Gasteiger partial charge in [-0.25, -0.2) is 0 Å². The predicted molar refractivity (Wildman–Crippen MR) is 75.7 cm³/mol. The third kappa shape index (κ3) is 2.66. The number of rotatable bonds is 3. The van der Waals surface area contributed by atoms with Crippen LogP contribution in [0.25, 0.3) is 10.9 Å². The van der Waals surface area contributed by atoms with Crippen LogP contribution in [0, 0.1) is 0 Å². The van der Waals surface area contributed by atoms with E-state index in [-0.39, 0.29) is 5.75 Å². The zero-order valence-electron chi connectivity index (χ0n) is 10.1. The number of aromatic nitrogens is 1. The van der Waals surface area contributed by atoms with E-state index in [9.17, 15) is 5.11 Å². The number of nitrogens with one attached hydrogen (secondary N) is 1. The fourth-order valence-corrected chi connectivity index (χ4v) is 2.14. The van der Waals surface area contributed by atoms with Gasteiger partial charge in [-0.2, -0.15) is 0 Å². The van der Waals surface area contributed by atoms with Crippen LogP contribution in [0.5, 0.6) is 11.5 Å². The fraction of sp³-hybridized carbons (Fsp3) is 0.0667. The molecule has 2 aromatic carbocycles. The molecular formula is C15H12ClNO2. The zero-order valence-corrected chi connectivity index (χ0v) is 10.8. The van der Waals surface area contributed by atoms with Gasteiger partial charge in [-0.3, -0.25) is 0 Å². The van der Waals surface area contributed by atoms with E-state index in [1.807, 2.05) is 24.3 Å². The highest BCUT2D eigenvalue weighted by Gasteiger charge is 2.03. The summed E-state index contributed by atoms with van der Waals surface area (Å²) in [4.78, 5) is 3.25. The van der Waals surface area contributed by atoms with E-state index in [1.165, 1.54) is 0 Å². The summed E-state index contributed by atoms with van der Waals surface area (Å²) in [6.45, 7) is 0.412. The molecule has 0 aliphatic rings. The van der Waals surface area contributed by atoms with Gasteiger partial charge in [-0.1, -0.05) is 23.7 Å². The molecular weight excluding hydrogens is 262 g/mol. The second kappa shape index (κ2) is 4.86. The lowest BCUT2D eigenvalue weighted by Gasteiger charge is -2.04. The lowest BCUT2D eigenvalue weighted by Crippen LogP contribution is -1.94. The Morgan fingerprint density at radius 3 is 2.84 bits per heavy atom. The van der Waals surface area contributed by atoms with Crippen molar-refractivity contribution in [3.05, 3.63) is 59.2 Å². The monoisotopic (exact) mass is 273 g/mol. The molecule has 0 bridgehead atoms. The van der Waals surface area contributed by atoms with Crippen molar-refractivity contribution < 1.29 is 9.84 Å². The highest BCUT2D eigenvalue weighted by Crippen LogP contribution is 2.22. The third-order valence-electron chi connectivity index (χ3n) is 2.85. The van der Waals surface area contributed by atoms with Crippen molar-refractivity contribution in [3.8, 4) is 11.5 Å². The first kappa shape index (κ1) is 11.9. The average molecular weight is 274 g/mol. The lowest BCUT2D eigenvalue weighted by molar-refractivity contribution is 0.300. The number of benzene rings is 2. The molecule has 1 heterocycles.